The minimum absolute atomic E-state index is 0.00316. The van der Waals surface area contributed by atoms with Crippen molar-refractivity contribution < 1.29 is 35.9 Å². The van der Waals surface area contributed by atoms with E-state index in [0.717, 1.165) is 36.1 Å². The molecule has 0 fully saturated rings. The fraction of sp³-hybridized carbons (Fsp3) is 0.476. The van der Waals surface area contributed by atoms with Crippen LogP contribution in [-0.2, 0) is 21.2 Å². The third-order valence-electron chi connectivity index (χ3n) is 4.95. The minimum atomic E-state index is -4.32. The second-order valence-electron chi connectivity index (χ2n) is 7.55. The molecule has 2 rings (SSSR count). The Morgan fingerprint density at radius 2 is 1.75 bits per heavy atom. The van der Waals surface area contributed by atoms with Gasteiger partial charge in [0.25, 0.3) is 0 Å². The number of carboxylic acid groups (broad SMARTS) is 1. The third-order valence-corrected chi connectivity index (χ3v) is 7.70. The molecule has 0 radical (unpaired) electrons. The summed E-state index contributed by atoms with van der Waals surface area (Å²) in [7, 11) is -4.03. The summed E-state index contributed by atoms with van der Waals surface area (Å²) in [6, 6.07) is 6.97. The van der Waals surface area contributed by atoms with Crippen molar-refractivity contribution in [2.75, 3.05) is 0 Å². The molecule has 0 aliphatic rings. The Balaban J connectivity index is 2.16. The summed E-state index contributed by atoms with van der Waals surface area (Å²) in [5.74, 6) is -3.01. The maximum absolute atomic E-state index is 13.2. The molecule has 0 amide bonds. The molecule has 0 aliphatic heterocycles. The number of carboxylic acids is 1. The molecule has 0 aliphatic carbocycles. The highest BCUT2D eigenvalue weighted by molar-refractivity contribution is 7.89. The Hall–Kier alpha value is -1.98. The van der Waals surface area contributed by atoms with Crippen LogP contribution in [0.3, 0.4) is 0 Å². The lowest BCUT2D eigenvalue weighted by Crippen LogP contribution is -2.28. The first-order valence-corrected chi connectivity index (χ1v) is 12.3. The zero-order valence-electron chi connectivity index (χ0n) is 17.4. The van der Waals surface area contributed by atoms with Gasteiger partial charge in [0, 0.05) is 16.2 Å². The van der Waals surface area contributed by atoms with Gasteiger partial charge in [-0.3, -0.25) is 4.79 Å². The first-order valence-electron chi connectivity index (χ1n) is 10.0. The Morgan fingerprint density at radius 1 is 1.09 bits per heavy atom. The van der Waals surface area contributed by atoms with E-state index in [-0.39, 0.29) is 30.6 Å². The number of halogens is 4. The average molecular weight is 496 g/mol. The van der Waals surface area contributed by atoms with Crippen molar-refractivity contribution in [3.8, 4) is 0 Å². The summed E-state index contributed by atoms with van der Waals surface area (Å²) < 4.78 is 79.7. The number of nitrogens with one attached hydrogen (secondary N) is 1. The number of aliphatic carboxylic acids is 1. The summed E-state index contributed by atoms with van der Waals surface area (Å²) in [4.78, 5) is 12.0. The van der Waals surface area contributed by atoms with Crippen LogP contribution in [0, 0.1) is 11.7 Å². The SMILES string of the molecule is CC(CCCC(NS(=O)(=O)c1ccc(F)cc1)c1ccc(CCCC(=O)O)s1)C(F)(F)F. The van der Waals surface area contributed by atoms with Crippen molar-refractivity contribution in [1.29, 1.82) is 0 Å². The number of thiophene rings is 1. The quantitative estimate of drug-likeness (QED) is 0.371. The van der Waals surface area contributed by atoms with Crippen molar-refractivity contribution in [2.45, 2.75) is 62.6 Å². The number of hydrogen-bond acceptors (Lipinski definition) is 4. The second kappa shape index (κ2) is 11.2. The molecular formula is C21H25F4NO4S2. The van der Waals surface area contributed by atoms with Crippen LogP contribution in [0.1, 0.15) is 54.8 Å². The van der Waals surface area contributed by atoms with E-state index in [1.54, 1.807) is 12.1 Å². The van der Waals surface area contributed by atoms with Gasteiger partial charge in [0.15, 0.2) is 0 Å². The molecule has 0 spiro atoms. The Labute approximate surface area is 188 Å². The minimum Gasteiger partial charge on any atom is -0.481 e. The van der Waals surface area contributed by atoms with E-state index in [2.05, 4.69) is 4.72 Å². The van der Waals surface area contributed by atoms with Crippen LogP contribution in [0.2, 0.25) is 0 Å². The highest BCUT2D eigenvalue weighted by Crippen LogP contribution is 2.33. The molecule has 2 N–H and O–H groups in total. The van der Waals surface area contributed by atoms with E-state index in [4.69, 9.17) is 5.11 Å². The van der Waals surface area contributed by atoms with Crippen LogP contribution in [0.15, 0.2) is 41.3 Å². The number of sulfonamides is 1. The third kappa shape index (κ3) is 8.18. The maximum atomic E-state index is 13.2. The largest absolute Gasteiger partial charge is 0.481 e. The number of rotatable bonds is 12. The zero-order valence-corrected chi connectivity index (χ0v) is 19.0. The van der Waals surface area contributed by atoms with E-state index in [0.29, 0.717) is 17.7 Å². The number of alkyl halides is 3. The molecule has 2 unspecified atom stereocenters. The van der Waals surface area contributed by atoms with E-state index in [1.807, 2.05) is 0 Å². The molecule has 178 valence electrons. The van der Waals surface area contributed by atoms with Crippen LogP contribution in [0.25, 0.3) is 0 Å². The highest BCUT2D eigenvalue weighted by atomic mass is 32.2. The normalized spacial score (nSPS) is 14.3. The van der Waals surface area contributed by atoms with Gasteiger partial charge in [0.2, 0.25) is 10.0 Å². The van der Waals surface area contributed by atoms with E-state index in [9.17, 15) is 30.8 Å². The lowest BCUT2D eigenvalue weighted by molar-refractivity contribution is -0.171. The van der Waals surface area contributed by atoms with Crippen molar-refractivity contribution in [3.63, 3.8) is 0 Å². The lowest BCUT2D eigenvalue weighted by Gasteiger charge is -2.20. The summed E-state index contributed by atoms with van der Waals surface area (Å²) >= 11 is 1.29. The fourth-order valence-electron chi connectivity index (χ4n) is 3.05. The molecule has 0 bridgehead atoms. The van der Waals surface area contributed by atoms with Gasteiger partial charge >= 0.3 is 12.1 Å². The summed E-state index contributed by atoms with van der Waals surface area (Å²) in [5.41, 5.74) is 0. The average Bonchev–Trinajstić information content (AvgIpc) is 3.15. The highest BCUT2D eigenvalue weighted by Gasteiger charge is 2.35. The van der Waals surface area contributed by atoms with E-state index < -0.39 is 39.9 Å². The Bertz CT molecular complexity index is 988. The predicted molar refractivity (Wildman–Crippen MR) is 113 cm³/mol. The van der Waals surface area contributed by atoms with Crippen LogP contribution >= 0.6 is 11.3 Å². The predicted octanol–water partition coefficient (Wildman–Crippen LogP) is 5.68. The smallest absolute Gasteiger partial charge is 0.391 e. The molecule has 1 aromatic heterocycles. The van der Waals surface area contributed by atoms with E-state index >= 15 is 0 Å². The number of aryl methyl sites for hydroxylation is 1. The van der Waals surface area contributed by atoms with Crippen molar-refractivity contribution >= 4 is 27.3 Å². The van der Waals surface area contributed by atoms with Crippen LogP contribution in [0.5, 0.6) is 0 Å². The number of benzene rings is 1. The molecular weight excluding hydrogens is 470 g/mol. The maximum Gasteiger partial charge on any atom is 0.391 e. The van der Waals surface area contributed by atoms with Gasteiger partial charge in [0.05, 0.1) is 16.9 Å². The number of carbonyl (C=O) groups is 1. The topological polar surface area (TPSA) is 83.5 Å². The summed E-state index contributed by atoms with van der Waals surface area (Å²) in [5, 5.41) is 8.76. The second-order valence-corrected chi connectivity index (χ2v) is 10.5. The molecule has 1 aromatic carbocycles. The fourth-order valence-corrected chi connectivity index (χ4v) is 5.51. The van der Waals surface area contributed by atoms with Gasteiger partial charge in [-0.05, 0) is 62.1 Å². The molecule has 2 atom stereocenters. The van der Waals surface area contributed by atoms with Crippen molar-refractivity contribution in [1.82, 2.24) is 4.72 Å². The van der Waals surface area contributed by atoms with Gasteiger partial charge < -0.3 is 5.11 Å². The molecule has 11 heteroatoms. The standard InChI is InChI=1S/C21H25F4NO4S2/c1-14(21(23,24)25)4-2-6-18(19-13-10-16(31-19)5-3-7-20(27)28)26-32(29,30)17-11-8-15(22)9-12-17/h8-14,18,26H,2-7H2,1H3,(H,27,28). The monoisotopic (exact) mass is 495 g/mol. The number of hydrogen-bond donors (Lipinski definition) is 2. The first kappa shape index (κ1) is 26.3. The van der Waals surface area contributed by atoms with Gasteiger partial charge in [-0.25, -0.2) is 17.5 Å². The molecule has 5 nitrogen and oxygen atoms in total. The summed E-state index contributed by atoms with van der Waals surface area (Å²) in [6.45, 7) is 1.09. The molecule has 0 saturated carbocycles. The van der Waals surface area contributed by atoms with Crippen LogP contribution < -0.4 is 4.72 Å². The molecule has 1 heterocycles. The van der Waals surface area contributed by atoms with Crippen molar-refractivity contribution in [2.24, 2.45) is 5.92 Å². The van der Waals surface area contributed by atoms with Crippen molar-refractivity contribution in [3.05, 3.63) is 52.0 Å². The van der Waals surface area contributed by atoms with E-state index in [1.165, 1.54) is 11.3 Å². The van der Waals surface area contributed by atoms with Gasteiger partial charge in [-0.15, -0.1) is 11.3 Å². The molecule has 0 saturated heterocycles. The zero-order chi connectivity index (χ0) is 23.9. The van der Waals surface area contributed by atoms with Crippen LogP contribution in [0.4, 0.5) is 17.6 Å². The van der Waals surface area contributed by atoms with Gasteiger partial charge in [-0.1, -0.05) is 13.3 Å². The van der Waals surface area contributed by atoms with Crippen LogP contribution in [-0.4, -0.2) is 25.7 Å². The Morgan fingerprint density at radius 3 is 2.34 bits per heavy atom. The molecule has 2 aromatic rings. The van der Waals surface area contributed by atoms with Gasteiger partial charge in [0.1, 0.15) is 5.82 Å². The Kier molecular flexibility index (Phi) is 9.23. The lowest BCUT2D eigenvalue weighted by atomic mass is 10.0. The van der Waals surface area contributed by atoms with Gasteiger partial charge in [-0.2, -0.15) is 13.2 Å². The summed E-state index contributed by atoms with van der Waals surface area (Å²) in [6.07, 6.45) is -3.25. The molecule has 32 heavy (non-hydrogen) atoms. The first-order chi connectivity index (χ1) is 14.9.